The molecule has 156 valence electrons. The first-order chi connectivity index (χ1) is 13.1. The average Bonchev–Trinajstić information content (AvgIpc) is 2.50. The maximum atomic E-state index is 13.9. The maximum absolute atomic E-state index is 13.9. The minimum absolute atomic E-state index is 0.0352. The summed E-state index contributed by atoms with van der Waals surface area (Å²) in [5.41, 5.74) is -1.66. The first-order valence-corrected chi connectivity index (χ1v) is 9.02. The second kappa shape index (κ2) is 7.50. The molecule has 0 unspecified atom stereocenters. The normalized spacial score (nSPS) is 15.3. The van der Waals surface area contributed by atoms with E-state index in [0.717, 1.165) is 0 Å². The van der Waals surface area contributed by atoms with Gasteiger partial charge in [0.15, 0.2) is 5.78 Å². The standard InChI is InChI=1S/C21H24F2N2O4/c1-20(2,3)14-9-13(26)16(17(25-14)21(4,5)6)18(27)24-10-7-11(22)15(19(28)29)12(23)8-10/h7-8H,9H2,1-6H3,(H,24,27)(H,28,29). The molecule has 0 spiro atoms. The summed E-state index contributed by atoms with van der Waals surface area (Å²) >= 11 is 0. The van der Waals surface area contributed by atoms with Gasteiger partial charge in [0, 0.05) is 22.2 Å². The number of nitrogens with one attached hydrogen (secondary N) is 1. The summed E-state index contributed by atoms with van der Waals surface area (Å²) in [5, 5.41) is 11.1. The lowest BCUT2D eigenvalue weighted by atomic mass is 9.79. The van der Waals surface area contributed by atoms with E-state index in [1.807, 2.05) is 20.8 Å². The number of halogens is 2. The van der Waals surface area contributed by atoms with Gasteiger partial charge in [-0.05, 0) is 12.1 Å². The van der Waals surface area contributed by atoms with Crippen molar-refractivity contribution in [2.75, 3.05) is 5.32 Å². The molecule has 1 heterocycles. The molecule has 0 saturated heterocycles. The van der Waals surface area contributed by atoms with Crippen LogP contribution in [-0.4, -0.2) is 28.5 Å². The maximum Gasteiger partial charge on any atom is 0.341 e. The van der Waals surface area contributed by atoms with E-state index in [9.17, 15) is 23.2 Å². The van der Waals surface area contributed by atoms with Crippen molar-refractivity contribution in [3.63, 3.8) is 0 Å². The van der Waals surface area contributed by atoms with Crippen molar-refractivity contribution >= 4 is 29.1 Å². The van der Waals surface area contributed by atoms with E-state index in [1.54, 1.807) is 20.8 Å². The number of carbonyl (C=O) groups excluding carboxylic acids is 2. The summed E-state index contributed by atoms with van der Waals surface area (Å²) in [6.45, 7) is 11.2. The fraction of sp³-hybridized carbons (Fsp3) is 0.429. The van der Waals surface area contributed by atoms with Gasteiger partial charge in [0.05, 0.1) is 12.1 Å². The van der Waals surface area contributed by atoms with Crippen molar-refractivity contribution in [1.82, 2.24) is 0 Å². The van der Waals surface area contributed by atoms with E-state index in [0.29, 0.717) is 23.5 Å². The molecule has 0 bridgehead atoms. The molecular formula is C21H24F2N2O4. The van der Waals surface area contributed by atoms with E-state index in [1.165, 1.54) is 0 Å². The lowest BCUT2D eigenvalue weighted by Crippen LogP contribution is -2.34. The van der Waals surface area contributed by atoms with Gasteiger partial charge in [-0.25, -0.2) is 13.6 Å². The number of hydrogen-bond donors (Lipinski definition) is 2. The molecule has 0 aromatic heterocycles. The molecule has 1 aliphatic rings. The molecule has 2 rings (SSSR count). The highest BCUT2D eigenvalue weighted by Gasteiger charge is 2.36. The van der Waals surface area contributed by atoms with Crippen LogP contribution in [-0.2, 0) is 9.59 Å². The van der Waals surface area contributed by atoms with Crippen LogP contribution in [0.15, 0.2) is 28.4 Å². The lowest BCUT2D eigenvalue weighted by molar-refractivity contribution is -0.119. The first-order valence-electron chi connectivity index (χ1n) is 9.02. The van der Waals surface area contributed by atoms with Gasteiger partial charge < -0.3 is 10.4 Å². The van der Waals surface area contributed by atoms with E-state index < -0.39 is 40.3 Å². The third kappa shape index (κ3) is 4.75. The quantitative estimate of drug-likeness (QED) is 0.729. The number of ketones is 1. The van der Waals surface area contributed by atoms with Crippen molar-refractivity contribution in [3.05, 3.63) is 40.6 Å². The van der Waals surface area contributed by atoms with Gasteiger partial charge in [0.2, 0.25) is 0 Å². The van der Waals surface area contributed by atoms with Gasteiger partial charge in [-0.15, -0.1) is 0 Å². The third-order valence-corrected chi connectivity index (χ3v) is 4.41. The molecule has 1 aromatic carbocycles. The number of rotatable bonds is 3. The van der Waals surface area contributed by atoms with Crippen molar-refractivity contribution in [3.8, 4) is 0 Å². The molecule has 8 heteroatoms. The van der Waals surface area contributed by atoms with E-state index in [2.05, 4.69) is 10.3 Å². The van der Waals surface area contributed by atoms with Crippen molar-refractivity contribution < 1.29 is 28.3 Å². The molecule has 0 fully saturated rings. The van der Waals surface area contributed by atoms with Crippen LogP contribution in [0.25, 0.3) is 0 Å². The molecule has 0 atom stereocenters. The molecular weight excluding hydrogens is 382 g/mol. The van der Waals surface area contributed by atoms with Crippen LogP contribution in [0.1, 0.15) is 58.3 Å². The number of carboxylic acid groups (broad SMARTS) is 1. The summed E-state index contributed by atoms with van der Waals surface area (Å²) in [6, 6.07) is 1.39. The Hall–Kier alpha value is -2.90. The van der Waals surface area contributed by atoms with Crippen LogP contribution in [0.2, 0.25) is 0 Å². The first kappa shape index (κ1) is 22.4. The zero-order valence-corrected chi connectivity index (χ0v) is 17.2. The van der Waals surface area contributed by atoms with E-state index in [4.69, 9.17) is 5.11 Å². The fourth-order valence-electron chi connectivity index (χ4n) is 2.86. The molecule has 1 aromatic rings. The number of aliphatic imine (C=N–C) groups is 1. The van der Waals surface area contributed by atoms with Crippen LogP contribution >= 0.6 is 0 Å². The summed E-state index contributed by atoms with van der Waals surface area (Å²) in [7, 11) is 0. The van der Waals surface area contributed by atoms with Crippen molar-refractivity contribution in [2.24, 2.45) is 15.8 Å². The Morgan fingerprint density at radius 1 is 1.03 bits per heavy atom. The number of anilines is 1. The van der Waals surface area contributed by atoms with Crippen molar-refractivity contribution in [1.29, 1.82) is 0 Å². The van der Waals surface area contributed by atoms with Crippen LogP contribution in [0, 0.1) is 22.5 Å². The van der Waals surface area contributed by atoms with Crippen LogP contribution in [0.4, 0.5) is 14.5 Å². The van der Waals surface area contributed by atoms with Gasteiger partial charge in [0.1, 0.15) is 22.8 Å². The fourth-order valence-corrected chi connectivity index (χ4v) is 2.86. The lowest BCUT2D eigenvalue weighted by Gasteiger charge is -2.31. The van der Waals surface area contributed by atoms with Gasteiger partial charge in [-0.2, -0.15) is 0 Å². The minimum Gasteiger partial charge on any atom is -0.477 e. The Morgan fingerprint density at radius 3 is 1.97 bits per heavy atom. The zero-order chi connectivity index (χ0) is 22.3. The van der Waals surface area contributed by atoms with Crippen LogP contribution < -0.4 is 5.32 Å². The average molecular weight is 406 g/mol. The molecule has 29 heavy (non-hydrogen) atoms. The number of amides is 1. The van der Waals surface area contributed by atoms with E-state index >= 15 is 0 Å². The Labute approximate surface area is 167 Å². The second-order valence-corrected chi connectivity index (χ2v) is 8.96. The van der Waals surface area contributed by atoms with Crippen LogP contribution in [0.5, 0.6) is 0 Å². The number of allylic oxidation sites excluding steroid dienone is 1. The minimum atomic E-state index is -1.76. The van der Waals surface area contributed by atoms with Crippen LogP contribution in [0.3, 0.4) is 0 Å². The Kier molecular flexibility index (Phi) is 5.79. The summed E-state index contributed by atoms with van der Waals surface area (Å²) in [6.07, 6.45) is -0.0352. The highest BCUT2D eigenvalue weighted by Crippen LogP contribution is 2.36. The summed E-state index contributed by atoms with van der Waals surface area (Å²) < 4.78 is 27.8. The van der Waals surface area contributed by atoms with Gasteiger partial charge in [0.25, 0.3) is 5.91 Å². The molecule has 0 aliphatic carbocycles. The number of nitrogens with zero attached hydrogens (tertiary/aromatic N) is 1. The number of carbonyl (C=O) groups is 3. The monoisotopic (exact) mass is 406 g/mol. The van der Waals surface area contributed by atoms with Gasteiger partial charge in [-0.1, -0.05) is 41.5 Å². The second-order valence-electron chi connectivity index (χ2n) is 8.96. The predicted octanol–water partition coefficient (Wildman–Crippen LogP) is 4.36. The highest BCUT2D eigenvalue weighted by molar-refractivity contribution is 6.29. The molecule has 6 nitrogen and oxygen atoms in total. The number of benzene rings is 1. The Balaban J connectivity index is 2.52. The van der Waals surface area contributed by atoms with Gasteiger partial charge >= 0.3 is 5.97 Å². The summed E-state index contributed by atoms with van der Waals surface area (Å²) in [4.78, 5) is 41.1. The number of hydrogen-bond acceptors (Lipinski definition) is 4. The van der Waals surface area contributed by atoms with Crippen molar-refractivity contribution in [2.45, 2.75) is 48.0 Å². The van der Waals surface area contributed by atoms with Gasteiger partial charge in [-0.3, -0.25) is 14.6 Å². The Morgan fingerprint density at radius 2 is 1.55 bits per heavy atom. The largest absolute Gasteiger partial charge is 0.477 e. The SMILES string of the molecule is CC(C)(C)C1=NC(C(C)(C)C)=C(C(=O)Nc2cc(F)c(C(=O)O)c(F)c2)C(=O)C1. The smallest absolute Gasteiger partial charge is 0.341 e. The zero-order valence-electron chi connectivity index (χ0n) is 17.2. The van der Waals surface area contributed by atoms with E-state index in [-0.39, 0.29) is 23.1 Å². The molecule has 1 aliphatic heterocycles. The molecule has 2 N–H and O–H groups in total. The molecule has 0 saturated carbocycles. The number of carboxylic acids is 1. The molecule has 0 radical (unpaired) electrons. The molecule has 1 amide bonds. The third-order valence-electron chi connectivity index (χ3n) is 4.41. The summed E-state index contributed by atoms with van der Waals surface area (Å²) in [5.74, 6) is -5.71. The predicted molar refractivity (Wildman–Crippen MR) is 105 cm³/mol. The highest BCUT2D eigenvalue weighted by atomic mass is 19.1. The number of Topliss-reactive ketones (excluding diaryl/α,β-unsaturated/α-hetero) is 1. The Bertz CT molecular complexity index is 941. The topological polar surface area (TPSA) is 95.8 Å². The number of aromatic carboxylic acids is 1.